The lowest BCUT2D eigenvalue weighted by Crippen LogP contribution is -2.30. The summed E-state index contributed by atoms with van der Waals surface area (Å²) in [6.07, 6.45) is -0.763. The summed E-state index contributed by atoms with van der Waals surface area (Å²) in [5.41, 5.74) is 2.05. The SMILES string of the molecule is Cc1ccc(OC(C)C(=O)Nc2ccc(Cl)c([N+](=O)[O-])c2)c(C)c1. The summed E-state index contributed by atoms with van der Waals surface area (Å²) in [5.74, 6) is 0.205. The van der Waals surface area contributed by atoms with Crippen LogP contribution >= 0.6 is 11.6 Å². The van der Waals surface area contributed by atoms with Crippen molar-refractivity contribution in [3.8, 4) is 5.75 Å². The van der Waals surface area contributed by atoms with Crippen molar-refractivity contribution in [1.82, 2.24) is 0 Å². The number of rotatable bonds is 5. The molecule has 2 aromatic rings. The molecule has 126 valence electrons. The highest BCUT2D eigenvalue weighted by Crippen LogP contribution is 2.27. The van der Waals surface area contributed by atoms with E-state index >= 15 is 0 Å². The molecule has 2 rings (SSSR count). The molecule has 1 unspecified atom stereocenters. The van der Waals surface area contributed by atoms with Gasteiger partial charge in [0.25, 0.3) is 11.6 Å². The summed E-state index contributed by atoms with van der Waals surface area (Å²) in [6, 6.07) is 9.74. The van der Waals surface area contributed by atoms with Crippen LogP contribution in [0, 0.1) is 24.0 Å². The van der Waals surface area contributed by atoms with Crippen molar-refractivity contribution in [2.24, 2.45) is 0 Å². The summed E-state index contributed by atoms with van der Waals surface area (Å²) < 4.78 is 5.66. The average Bonchev–Trinajstić information content (AvgIpc) is 2.51. The lowest BCUT2D eigenvalue weighted by Gasteiger charge is -2.16. The van der Waals surface area contributed by atoms with Gasteiger partial charge in [-0.05, 0) is 44.5 Å². The van der Waals surface area contributed by atoms with Crippen LogP contribution in [0.5, 0.6) is 5.75 Å². The van der Waals surface area contributed by atoms with E-state index in [1.165, 1.54) is 18.2 Å². The van der Waals surface area contributed by atoms with E-state index in [1.54, 1.807) is 6.92 Å². The molecule has 0 fully saturated rings. The smallest absolute Gasteiger partial charge is 0.289 e. The molecule has 6 nitrogen and oxygen atoms in total. The number of aryl methyl sites for hydroxylation is 2. The molecule has 0 heterocycles. The Kier molecular flexibility index (Phi) is 5.41. The standard InChI is InChI=1S/C17H17ClN2O4/c1-10-4-7-16(11(2)8-10)24-12(3)17(21)19-13-5-6-14(18)15(9-13)20(22)23/h4-9,12H,1-3H3,(H,19,21). The maximum atomic E-state index is 12.2. The van der Waals surface area contributed by atoms with Crippen LogP contribution in [0.3, 0.4) is 0 Å². The monoisotopic (exact) mass is 348 g/mol. The van der Waals surface area contributed by atoms with Crippen molar-refractivity contribution >= 4 is 28.9 Å². The van der Waals surface area contributed by atoms with Crippen LogP contribution in [0.4, 0.5) is 11.4 Å². The van der Waals surface area contributed by atoms with E-state index in [9.17, 15) is 14.9 Å². The fraction of sp³-hybridized carbons (Fsp3) is 0.235. The van der Waals surface area contributed by atoms with Gasteiger partial charge in [0.15, 0.2) is 6.10 Å². The molecular weight excluding hydrogens is 332 g/mol. The maximum absolute atomic E-state index is 12.2. The Morgan fingerprint density at radius 1 is 1.25 bits per heavy atom. The van der Waals surface area contributed by atoms with Crippen molar-refractivity contribution in [2.45, 2.75) is 26.9 Å². The number of carbonyl (C=O) groups excluding carboxylic acids is 1. The lowest BCUT2D eigenvalue weighted by atomic mass is 10.1. The number of benzene rings is 2. The van der Waals surface area contributed by atoms with E-state index in [0.717, 1.165) is 11.1 Å². The number of nitrogens with zero attached hydrogens (tertiary/aromatic N) is 1. The molecular formula is C17H17ClN2O4. The first kappa shape index (κ1) is 17.7. The van der Waals surface area contributed by atoms with Crippen molar-refractivity contribution in [3.05, 3.63) is 62.7 Å². The van der Waals surface area contributed by atoms with Crippen molar-refractivity contribution in [1.29, 1.82) is 0 Å². The van der Waals surface area contributed by atoms with Gasteiger partial charge in [0.1, 0.15) is 10.8 Å². The molecule has 0 aliphatic rings. The van der Waals surface area contributed by atoms with E-state index in [0.29, 0.717) is 5.75 Å². The third kappa shape index (κ3) is 4.23. The van der Waals surface area contributed by atoms with E-state index < -0.39 is 16.9 Å². The van der Waals surface area contributed by atoms with Gasteiger partial charge in [-0.15, -0.1) is 0 Å². The van der Waals surface area contributed by atoms with Crippen LogP contribution in [0.1, 0.15) is 18.1 Å². The van der Waals surface area contributed by atoms with Gasteiger partial charge in [-0.25, -0.2) is 0 Å². The third-order valence-corrected chi connectivity index (χ3v) is 3.73. The number of hydrogen-bond acceptors (Lipinski definition) is 4. The van der Waals surface area contributed by atoms with Gasteiger partial charge in [-0.1, -0.05) is 29.3 Å². The topological polar surface area (TPSA) is 81.5 Å². The number of ether oxygens (including phenoxy) is 1. The molecule has 7 heteroatoms. The molecule has 0 spiro atoms. The molecule has 0 bridgehead atoms. The first-order valence-corrected chi connectivity index (χ1v) is 7.64. The number of amides is 1. The van der Waals surface area contributed by atoms with Crippen molar-refractivity contribution < 1.29 is 14.5 Å². The minimum atomic E-state index is -0.763. The Balaban J connectivity index is 2.09. The largest absolute Gasteiger partial charge is 0.481 e. The van der Waals surface area contributed by atoms with Gasteiger partial charge in [0.05, 0.1) is 4.92 Å². The van der Waals surface area contributed by atoms with E-state index in [1.807, 2.05) is 32.0 Å². The minimum Gasteiger partial charge on any atom is -0.481 e. The number of halogens is 1. The maximum Gasteiger partial charge on any atom is 0.289 e. The second-order valence-electron chi connectivity index (χ2n) is 5.44. The van der Waals surface area contributed by atoms with E-state index in [-0.39, 0.29) is 16.4 Å². The van der Waals surface area contributed by atoms with Gasteiger partial charge in [0, 0.05) is 11.8 Å². The molecule has 0 aromatic heterocycles. The van der Waals surface area contributed by atoms with Crippen LogP contribution in [0.2, 0.25) is 5.02 Å². The zero-order chi connectivity index (χ0) is 17.9. The van der Waals surface area contributed by atoms with Crippen LogP contribution in [-0.4, -0.2) is 16.9 Å². The second kappa shape index (κ2) is 7.31. The minimum absolute atomic E-state index is 0.0116. The van der Waals surface area contributed by atoms with E-state index in [2.05, 4.69) is 5.32 Å². The Bertz CT molecular complexity index is 792. The van der Waals surface area contributed by atoms with Crippen LogP contribution in [0.15, 0.2) is 36.4 Å². The summed E-state index contributed by atoms with van der Waals surface area (Å²) in [4.78, 5) is 22.5. The number of nitro benzene ring substituents is 1. The fourth-order valence-corrected chi connectivity index (χ4v) is 2.34. The zero-order valence-corrected chi connectivity index (χ0v) is 14.3. The Morgan fingerprint density at radius 2 is 1.96 bits per heavy atom. The summed E-state index contributed by atoms with van der Waals surface area (Å²) in [7, 11) is 0. The number of hydrogen-bond donors (Lipinski definition) is 1. The molecule has 0 aliphatic heterocycles. The van der Waals surface area contributed by atoms with Gasteiger partial charge in [0.2, 0.25) is 0 Å². The highest BCUT2D eigenvalue weighted by molar-refractivity contribution is 6.32. The molecule has 2 aromatic carbocycles. The highest BCUT2D eigenvalue weighted by Gasteiger charge is 2.18. The van der Waals surface area contributed by atoms with Crippen LogP contribution < -0.4 is 10.1 Å². The van der Waals surface area contributed by atoms with Gasteiger partial charge in [-0.2, -0.15) is 0 Å². The molecule has 1 atom stereocenters. The van der Waals surface area contributed by atoms with Gasteiger partial charge in [-0.3, -0.25) is 14.9 Å². The average molecular weight is 349 g/mol. The Morgan fingerprint density at radius 3 is 2.58 bits per heavy atom. The summed E-state index contributed by atoms with van der Waals surface area (Å²) in [6.45, 7) is 5.48. The summed E-state index contributed by atoms with van der Waals surface area (Å²) >= 11 is 5.75. The lowest BCUT2D eigenvalue weighted by molar-refractivity contribution is -0.384. The fourth-order valence-electron chi connectivity index (χ4n) is 2.15. The van der Waals surface area contributed by atoms with E-state index in [4.69, 9.17) is 16.3 Å². The molecule has 0 saturated heterocycles. The van der Waals surface area contributed by atoms with Gasteiger partial charge < -0.3 is 10.1 Å². The summed E-state index contributed by atoms with van der Waals surface area (Å²) in [5, 5.41) is 13.5. The number of carbonyl (C=O) groups is 1. The molecule has 0 radical (unpaired) electrons. The molecule has 24 heavy (non-hydrogen) atoms. The van der Waals surface area contributed by atoms with Crippen LogP contribution in [-0.2, 0) is 4.79 Å². The quantitative estimate of drug-likeness (QED) is 0.646. The van der Waals surface area contributed by atoms with Gasteiger partial charge >= 0.3 is 0 Å². The molecule has 1 N–H and O–H groups in total. The molecule has 0 saturated carbocycles. The first-order chi connectivity index (χ1) is 11.3. The number of nitrogens with one attached hydrogen (secondary N) is 1. The van der Waals surface area contributed by atoms with Crippen molar-refractivity contribution in [2.75, 3.05) is 5.32 Å². The van der Waals surface area contributed by atoms with Crippen LogP contribution in [0.25, 0.3) is 0 Å². The molecule has 0 aliphatic carbocycles. The van der Waals surface area contributed by atoms with Crippen molar-refractivity contribution in [3.63, 3.8) is 0 Å². The second-order valence-corrected chi connectivity index (χ2v) is 5.85. The Labute approximate surface area is 144 Å². The number of nitro groups is 1. The zero-order valence-electron chi connectivity index (χ0n) is 13.5. The normalized spacial score (nSPS) is 11.7. The third-order valence-electron chi connectivity index (χ3n) is 3.41. The predicted octanol–water partition coefficient (Wildman–Crippen LogP) is 4.27. The molecule has 1 amide bonds. The highest BCUT2D eigenvalue weighted by atomic mass is 35.5. The Hall–Kier alpha value is -2.60. The number of anilines is 1. The first-order valence-electron chi connectivity index (χ1n) is 7.26. The predicted molar refractivity (Wildman–Crippen MR) is 92.7 cm³/mol.